The van der Waals surface area contributed by atoms with E-state index in [-0.39, 0.29) is 31.8 Å². The minimum absolute atomic E-state index is 0.00359. The summed E-state index contributed by atoms with van der Waals surface area (Å²) in [7, 11) is 0. The molecule has 0 radical (unpaired) electrons. The van der Waals surface area contributed by atoms with Crippen LogP contribution in [0.1, 0.15) is 44.1 Å². The second-order valence-corrected chi connectivity index (χ2v) is 10.1. The highest BCUT2D eigenvalue weighted by Gasteiger charge is 2.31. The highest BCUT2D eigenvalue weighted by atomic mass is 16.4. The van der Waals surface area contributed by atoms with Crippen LogP contribution in [0, 0.1) is 0 Å². The Hall–Kier alpha value is -4.70. The lowest BCUT2D eigenvalue weighted by Gasteiger charge is -2.25. The Morgan fingerprint density at radius 3 is 2.16 bits per heavy atom. The molecule has 0 aliphatic heterocycles. The Bertz CT molecular complexity index is 1290. The van der Waals surface area contributed by atoms with Gasteiger partial charge in [-0.15, -0.1) is 0 Å². The van der Waals surface area contributed by atoms with E-state index in [0.717, 1.165) is 16.5 Å². The van der Waals surface area contributed by atoms with Gasteiger partial charge < -0.3 is 54.7 Å². The van der Waals surface area contributed by atoms with Crippen LogP contribution >= 0.6 is 0 Å². The zero-order chi connectivity index (χ0) is 31.9. The van der Waals surface area contributed by atoms with E-state index in [2.05, 4.69) is 25.9 Å². The summed E-state index contributed by atoms with van der Waals surface area (Å²) >= 11 is 0. The summed E-state index contributed by atoms with van der Waals surface area (Å²) in [4.78, 5) is 69.7. The molecule has 236 valence electrons. The number of unbranched alkanes of at least 4 members (excludes halogenated alkanes) is 1. The molecule has 4 atom stereocenters. The van der Waals surface area contributed by atoms with Gasteiger partial charge in [-0.3, -0.25) is 24.2 Å². The van der Waals surface area contributed by atoms with Crippen molar-refractivity contribution in [1.29, 1.82) is 0 Å². The quantitative estimate of drug-likeness (QED) is 0.0463. The number of hydrogen-bond acceptors (Lipinski definition) is 8. The lowest BCUT2D eigenvalue weighted by Crippen LogP contribution is -2.57. The SMILES string of the molecule is NCCCCC(N)C(=O)NC(Cc1c[nH]c2ccccc12)C(=O)NC(CCCN=C(N)N)C(=O)NC(CC(N)=O)C(=O)O. The monoisotopic (exact) mass is 602 g/mol. The fourth-order valence-electron chi connectivity index (χ4n) is 4.37. The van der Waals surface area contributed by atoms with E-state index in [1.165, 1.54) is 0 Å². The Morgan fingerprint density at radius 2 is 1.51 bits per heavy atom. The molecule has 0 saturated heterocycles. The van der Waals surface area contributed by atoms with Gasteiger partial charge in [0, 0.05) is 30.1 Å². The minimum atomic E-state index is -1.62. The van der Waals surface area contributed by atoms with Crippen molar-refractivity contribution in [2.75, 3.05) is 13.1 Å². The number of aromatic nitrogens is 1. The second-order valence-electron chi connectivity index (χ2n) is 10.1. The molecule has 0 fully saturated rings. The number of para-hydroxylation sites is 1. The minimum Gasteiger partial charge on any atom is -0.480 e. The van der Waals surface area contributed by atoms with Crippen LogP contribution < -0.4 is 44.6 Å². The van der Waals surface area contributed by atoms with E-state index in [0.29, 0.717) is 25.8 Å². The average Bonchev–Trinajstić information content (AvgIpc) is 3.36. The summed E-state index contributed by atoms with van der Waals surface area (Å²) in [5.41, 5.74) is 29.0. The molecule has 16 nitrogen and oxygen atoms in total. The van der Waals surface area contributed by atoms with Crippen LogP contribution in [0.15, 0.2) is 35.5 Å². The van der Waals surface area contributed by atoms with Gasteiger partial charge in [0.1, 0.15) is 18.1 Å². The topological polar surface area (TPSA) is 300 Å². The van der Waals surface area contributed by atoms with Crippen molar-refractivity contribution in [1.82, 2.24) is 20.9 Å². The molecular weight excluding hydrogens is 560 g/mol. The van der Waals surface area contributed by atoms with Gasteiger partial charge in [0.05, 0.1) is 12.5 Å². The zero-order valence-corrected chi connectivity index (χ0v) is 23.9. The summed E-state index contributed by atoms with van der Waals surface area (Å²) in [5, 5.41) is 17.8. The Labute approximate surface area is 248 Å². The molecule has 0 aliphatic rings. The largest absolute Gasteiger partial charge is 0.480 e. The molecule has 0 bridgehead atoms. The summed E-state index contributed by atoms with van der Waals surface area (Å²) < 4.78 is 0. The number of nitrogens with two attached hydrogens (primary N) is 5. The molecule has 15 N–H and O–H groups in total. The van der Waals surface area contributed by atoms with Gasteiger partial charge in [0.25, 0.3) is 0 Å². The molecule has 43 heavy (non-hydrogen) atoms. The van der Waals surface area contributed by atoms with Gasteiger partial charge in [0.2, 0.25) is 23.6 Å². The van der Waals surface area contributed by atoms with Crippen molar-refractivity contribution in [3.63, 3.8) is 0 Å². The van der Waals surface area contributed by atoms with E-state index in [9.17, 15) is 29.1 Å². The van der Waals surface area contributed by atoms with Crippen molar-refractivity contribution < 1.29 is 29.1 Å². The number of guanidine groups is 1. The summed E-state index contributed by atoms with van der Waals surface area (Å²) in [6.45, 7) is 0.577. The van der Waals surface area contributed by atoms with Crippen LogP contribution in [-0.4, -0.2) is 82.9 Å². The third-order valence-electron chi connectivity index (χ3n) is 6.64. The predicted octanol–water partition coefficient (Wildman–Crippen LogP) is -2.37. The Balaban J connectivity index is 2.31. The van der Waals surface area contributed by atoms with E-state index in [4.69, 9.17) is 28.7 Å². The molecule has 16 heteroatoms. The van der Waals surface area contributed by atoms with Gasteiger partial charge >= 0.3 is 5.97 Å². The number of amides is 4. The van der Waals surface area contributed by atoms with Crippen LogP contribution in [0.5, 0.6) is 0 Å². The second kappa shape index (κ2) is 17.3. The summed E-state index contributed by atoms with van der Waals surface area (Å²) in [6.07, 6.45) is 3.02. The predicted molar refractivity (Wildman–Crippen MR) is 160 cm³/mol. The van der Waals surface area contributed by atoms with Crippen LogP contribution in [0.25, 0.3) is 10.9 Å². The van der Waals surface area contributed by atoms with Crippen molar-refractivity contribution in [2.45, 2.75) is 69.1 Å². The van der Waals surface area contributed by atoms with E-state index in [1.54, 1.807) is 6.20 Å². The average molecular weight is 603 g/mol. The molecule has 0 spiro atoms. The number of primary amides is 1. The van der Waals surface area contributed by atoms with Crippen LogP contribution in [-0.2, 0) is 30.4 Å². The Morgan fingerprint density at radius 1 is 0.860 bits per heavy atom. The first-order chi connectivity index (χ1) is 20.4. The van der Waals surface area contributed by atoms with Crippen molar-refractivity contribution in [3.8, 4) is 0 Å². The molecule has 4 amide bonds. The van der Waals surface area contributed by atoms with Crippen molar-refractivity contribution in [2.24, 2.45) is 33.7 Å². The van der Waals surface area contributed by atoms with Gasteiger partial charge in [-0.05, 0) is 43.9 Å². The van der Waals surface area contributed by atoms with E-state index < -0.39 is 60.2 Å². The molecule has 1 heterocycles. The maximum Gasteiger partial charge on any atom is 0.326 e. The van der Waals surface area contributed by atoms with Crippen LogP contribution in [0.4, 0.5) is 0 Å². The normalized spacial score (nSPS) is 13.7. The molecule has 0 saturated carbocycles. The summed E-state index contributed by atoms with van der Waals surface area (Å²) in [6, 6.07) is 2.48. The number of nitrogens with zero attached hydrogens (tertiary/aromatic N) is 1. The molecular formula is C27H42N10O6. The van der Waals surface area contributed by atoms with Crippen LogP contribution in [0.3, 0.4) is 0 Å². The highest BCUT2D eigenvalue weighted by Crippen LogP contribution is 2.19. The fourth-order valence-corrected chi connectivity index (χ4v) is 4.37. The highest BCUT2D eigenvalue weighted by molar-refractivity contribution is 5.95. The number of H-pyrrole nitrogens is 1. The van der Waals surface area contributed by atoms with E-state index in [1.807, 2.05) is 24.3 Å². The lowest BCUT2D eigenvalue weighted by molar-refractivity contribution is -0.143. The number of carbonyl (C=O) groups is 5. The number of benzene rings is 1. The number of nitrogens with one attached hydrogen (secondary N) is 4. The van der Waals surface area contributed by atoms with E-state index >= 15 is 0 Å². The smallest absolute Gasteiger partial charge is 0.326 e. The molecule has 0 aliphatic carbocycles. The molecule has 4 unspecified atom stereocenters. The first-order valence-electron chi connectivity index (χ1n) is 13.9. The van der Waals surface area contributed by atoms with Crippen molar-refractivity contribution in [3.05, 3.63) is 36.0 Å². The zero-order valence-electron chi connectivity index (χ0n) is 23.9. The number of rotatable bonds is 19. The standard InChI is InChI=1S/C27H42N10O6/c28-10-4-3-7-17(29)23(39)36-20(12-15-14-34-18-8-2-1-6-16(15)18)25(41)35-19(9-5-11-33-27(31)32)24(40)37-21(26(42)43)13-22(30)38/h1-2,6,8,14,17,19-21,34H,3-5,7,9-13,28-29H2,(H2,30,38)(H,35,41)(H,36,39)(H,37,40)(H,42,43)(H4,31,32,33). The van der Waals surface area contributed by atoms with Gasteiger partial charge in [-0.1, -0.05) is 24.6 Å². The molecule has 2 aromatic rings. The fraction of sp³-hybridized carbons (Fsp3) is 0.481. The van der Waals surface area contributed by atoms with Crippen LogP contribution in [0.2, 0.25) is 0 Å². The maximum absolute atomic E-state index is 13.6. The third-order valence-corrected chi connectivity index (χ3v) is 6.64. The molecule has 1 aromatic carbocycles. The third kappa shape index (κ3) is 11.6. The number of aromatic amines is 1. The molecule has 1 aromatic heterocycles. The number of carboxylic acids is 1. The number of aliphatic imine (C=N–C) groups is 1. The Kier molecular flexibility index (Phi) is 13.9. The number of aliphatic carboxylic acids is 1. The number of carbonyl (C=O) groups excluding carboxylic acids is 4. The molecule has 2 rings (SSSR count). The first-order valence-corrected chi connectivity index (χ1v) is 13.9. The van der Waals surface area contributed by atoms with Gasteiger partial charge in [0.15, 0.2) is 5.96 Å². The summed E-state index contributed by atoms with van der Waals surface area (Å²) in [5.74, 6) is -4.73. The first kappa shape index (κ1) is 34.5. The number of carboxylic acid groups (broad SMARTS) is 1. The maximum atomic E-state index is 13.6. The van der Waals surface area contributed by atoms with Crippen molar-refractivity contribution >= 4 is 46.5 Å². The number of hydrogen-bond donors (Lipinski definition) is 10. The lowest BCUT2D eigenvalue weighted by atomic mass is 10.0. The van der Waals surface area contributed by atoms with Gasteiger partial charge in [-0.25, -0.2) is 4.79 Å². The van der Waals surface area contributed by atoms with Gasteiger partial charge in [-0.2, -0.15) is 0 Å². The number of fused-ring (bicyclic) bond motifs is 1.